The Labute approximate surface area is 82.3 Å². The van der Waals surface area contributed by atoms with Crippen LogP contribution in [-0.2, 0) is 0 Å². The molecule has 5 heteroatoms. The fourth-order valence-corrected chi connectivity index (χ4v) is 1.51. The van der Waals surface area contributed by atoms with Crippen molar-refractivity contribution in [3.8, 4) is 5.75 Å². The van der Waals surface area contributed by atoms with Gasteiger partial charge in [0.05, 0.1) is 13.3 Å². The largest absolute Gasteiger partial charge is 0.492 e. The topological polar surface area (TPSA) is 26.5 Å². The van der Waals surface area contributed by atoms with Crippen LogP contribution in [0.15, 0.2) is 23.1 Å². The van der Waals surface area contributed by atoms with Gasteiger partial charge in [0.25, 0.3) is 0 Å². The number of hydrogen-bond donors (Lipinski definition) is 0. The Morgan fingerprint density at radius 3 is 3.00 bits per heavy atom. The molecule has 0 bridgehead atoms. The lowest BCUT2D eigenvalue weighted by Gasteiger charge is -2.01. The van der Waals surface area contributed by atoms with Crippen LogP contribution in [0.1, 0.15) is 0 Å². The minimum Gasteiger partial charge on any atom is -0.492 e. The van der Waals surface area contributed by atoms with Gasteiger partial charge < -0.3 is 9.14 Å². The summed E-state index contributed by atoms with van der Waals surface area (Å²) in [5.41, 5.74) is 0.546. The van der Waals surface area contributed by atoms with Gasteiger partial charge in [-0.25, -0.2) is 9.37 Å². The highest BCUT2D eigenvalue weighted by atomic mass is 79.9. The molecule has 0 aliphatic rings. The number of fused-ring (bicyclic) bond motifs is 1. The van der Waals surface area contributed by atoms with Crippen molar-refractivity contribution in [1.82, 2.24) is 9.38 Å². The third-order valence-corrected chi connectivity index (χ3v) is 2.08. The number of aromatic nitrogens is 2. The molecule has 0 amide bonds. The minimum atomic E-state index is -0.409. The van der Waals surface area contributed by atoms with E-state index in [1.807, 2.05) is 0 Å². The van der Waals surface area contributed by atoms with Crippen LogP contribution in [0.5, 0.6) is 5.75 Å². The van der Waals surface area contributed by atoms with Gasteiger partial charge in [0.15, 0.2) is 11.6 Å². The number of rotatable bonds is 1. The van der Waals surface area contributed by atoms with Crippen molar-refractivity contribution in [3.05, 3.63) is 28.9 Å². The molecule has 0 aromatic carbocycles. The summed E-state index contributed by atoms with van der Waals surface area (Å²) in [6.07, 6.45) is 3.28. The summed E-state index contributed by atoms with van der Waals surface area (Å²) >= 11 is 3.20. The molecule has 0 saturated carbocycles. The van der Waals surface area contributed by atoms with Crippen LogP contribution in [0.3, 0.4) is 0 Å². The molecule has 0 unspecified atom stereocenters. The van der Waals surface area contributed by atoms with Crippen LogP contribution in [0, 0.1) is 5.82 Å². The lowest BCUT2D eigenvalue weighted by molar-refractivity contribution is 0.384. The Morgan fingerprint density at radius 2 is 2.31 bits per heavy atom. The van der Waals surface area contributed by atoms with E-state index in [9.17, 15) is 4.39 Å². The maximum Gasteiger partial charge on any atom is 0.171 e. The van der Waals surface area contributed by atoms with Gasteiger partial charge in [-0.1, -0.05) is 0 Å². The number of halogens is 2. The highest BCUT2D eigenvalue weighted by molar-refractivity contribution is 9.10. The van der Waals surface area contributed by atoms with Crippen molar-refractivity contribution in [1.29, 1.82) is 0 Å². The molecule has 3 nitrogen and oxygen atoms in total. The molecule has 2 aromatic rings. The van der Waals surface area contributed by atoms with Gasteiger partial charge in [0.2, 0.25) is 0 Å². The molecule has 2 rings (SSSR count). The fraction of sp³-hybridized carbons (Fsp3) is 0.125. The third-order valence-electron chi connectivity index (χ3n) is 1.70. The smallest absolute Gasteiger partial charge is 0.171 e. The van der Waals surface area contributed by atoms with Gasteiger partial charge in [-0.2, -0.15) is 0 Å². The van der Waals surface area contributed by atoms with E-state index in [2.05, 4.69) is 20.9 Å². The molecule has 0 aliphatic heterocycles. The Kier molecular flexibility index (Phi) is 1.95. The van der Waals surface area contributed by atoms with Gasteiger partial charge in [-0.3, -0.25) is 0 Å². The number of pyridine rings is 1. The molecule has 0 spiro atoms. The monoisotopic (exact) mass is 244 g/mol. The van der Waals surface area contributed by atoms with Crippen molar-refractivity contribution in [3.63, 3.8) is 0 Å². The fourth-order valence-electron chi connectivity index (χ4n) is 1.11. The molecular weight excluding hydrogens is 239 g/mol. The van der Waals surface area contributed by atoms with E-state index >= 15 is 0 Å². The lowest BCUT2D eigenvalue weighted by Crippen LogP contribution is -1.92. The lowest BCUT2D eigenvalue weighted by atomic mass is 10.4. The quantitative estimate of drug-likeness (QED) is 0.770. The minimum absolute atomic E-state index is 0.206. The van der Waals surface area contributed by atoms with Crippen LogP contribution >= 0.6 is 15.9 Å². The van der Waals surface area contributed by atoms with E-state index < -0.39 is 5.82 Å². The summed E-state index contributed by atoms with van der Waals surface area (Å²) in [7, 11) is 1.43. The zero-order valence-electron chi connectivity index (χ0n) is 6.79. The predicted octanol–water partition coefficient (Wildman–Crippen LogP) is 2.24. The first-order valence-electron chi connectivity index (χ1n) is 3.58. The second-order valence-corrected chi connectivity index (χ2v) is 3.33. The number of methoxy groups -OCH3 is 1. The first-order chi connectivity index (χ1) is 6.20. The number of ether oxygens (including phenoxy) is 1. The molecule has 2 aromatic heterocycles. The molecule has 0 fully saturated rings. The first-order valence-corrected chi connectivity index (χ1v) is 4.38. The van der Waals surface area contributed by atoms with Crippen LogP contribution in [0.2, 0.25) is 0 Å². The van der Waals surface area contributed by atoms with E-state index in [0.29, 0.717) is 10.3 Å². The second kappa shape index (κ2) is 2.99. The summed E-state index contributed by atoms with van der Waals surface area (Å²) in [5, 5.41) is 0. The zero-order chi connectivity index (χ0) is 9.42. The predicted molar refractivity (Wildman–Crippen MR) is 49.4 cm³/mol. The zero-order valence-corrected chi connectivity index (χ0v) is 8.38. The first kappa shape index (κ1) is 8.50. The van der Waals surface area contributed by atoms with E-state index in [1.165, 1.54) is 13.2 Å². The summed E-state index contributed by atoms with van der Waals surface area (Å²) in [6.45, 7) is 0. The average Bonchev–Trinajstić information content (AvgIpc) is 2.42. The number of hydrogen-bond acceptors (Lipinski definition) is 2. The summed E-state index contributed by atoms with van der Waals surface area (Å²) in [5.74, 6) is -0.203. The Morgan fingerprint density at radius 1 is 1.54 bits per heavy atom. The van der Waals surface area contributed by atoms with Crippen molar-refractivity contribution < 1.29 is 9.13 Å². The van der Waals surface area contributed by atoms with Crippen LogP contribution in [0.25, 0.3) is 5.65 Å². The Hall–Kier alpha value is -1.10. The average molecular weight is 245 g/mol. The SMILES string of the molecule is COc1cn2cc(Br)nc2cc1F. The highest BCUT2D eigenvalue weighted by Crippen LogP contribution is 2.19. The third kappa shape index (κ3) is 1.39. The van der Waals surface area contributed by atoms with Crippen LogP contribution in [-0.4, -0.2) is 16.5 Å². The molecule has 13 heavy (non-hydrogen) atoms. The van der Waals surface area contributed by atoms with Crippen molar-refractivity contribution in [2.75, 3.05) is 7.11 Å². The summed E-state index contributed by atoms with van der Waals surface area (Å²) in [6, 6.07) is 1.32. The van der Waals surface area contributed by atoms with E-state index in [4.69, 9.17) is 4.74 Å². The van der Waals surface area contributed by atoms with Gasteiger partial charge in [0.1, 0.15) is 10.3 Å². The summed E-state index contributed by atoms with van der Waals surface area (Å²) < 4.78 is 20.3. The standard InChI is InChI=1S/C8H6BrFN2O/c1-13-6-3-12-4-7(9)11-8(12)2-5(6)10/h2-4H,1H3. The molecule has 0 atom stereocenters. The molecule has 68 valence electrons. The van der Waals surface area contributed by atoms with E-state index in [0.717, 1.165) is 0 Å². The maximum absolute atomic E-state index is 13.1. The van der Waals surface area contributed by atoms with Gasteiger partial charge in [-0.15, -0.1) is 0 Å². The maximum atomic E-state index is 13.1. The molecule has 0 radical (unpaired) electrons. The number of imidazole rings is 1. The number of nitrogens with zero attached hydrogens (tertiary/aromatic N) is 2. The van der Waals surface area contributed by atoms with E-state index in [1.54, 1.807) is 16.8 Å². The van der Waals surface area contributed by atoms with Crippen LogP contribution < -0.4 is 4.74 Å². The molecular formula is C8H6BrFN2O. The molecule has 0 saturated heterocycles. The van der Waals surface area contributed by atoms with Crippen molar-refractivity contribution in [2.45, 2.75) is 0 Å². The van der Waals surface area contributed by atoms with Gasteiger partial charge in [0, 0.05) is 12.3 Å². The van der Waals surface area contributed by atoms with Crippen molar-refractivity contribution in [2.24, 2.45) is 0 Å². The van der Waals surface area contributed by atoms with Gasteiger partial charge in [-0.05, 0) is 15.9 Å². The molecule has 2 heterocycles. The molecule has 0 aliphatic carbocycles. The normalized spacial score (nSPS) is 10.7. The summed E-state index contributed by atoms with van der Waals surface area (Å²) in [4.78, 5) is 4.03. The second-order valence-electron chi connectivity index (χ2n) is 2.52. The Bertz CT molecular complexity index is 455. The highest BCUT2D eigenvalue weighted by Gasteiger charge is 2.06. The Balaban J connectivity index is 2.72. The van der Waals surface area contributed by atoms with Gasteiger partial charge >= 0.3 is 0 Å². The molecule has 0 N–H and O–H groups in total. The van der Waals surface area contributed by atoms with Crippen molar-refractivity contribution >= 4 is 21.6 Å². The van der Waals surface area contributed by atoms with Crippen LogP contribution in [0.4, 0.5) is 4.39 Å². The van der Waals surface area contributed by atoms with E-state index in [-0.39, 0.29) is 5.75 Å².